The van der Waals surface area contributed by atoms with Crippen molar-refractivity contribution in [2.45, 2.75) is 37.0 Å². The first-order valence-electron chi connectivity index (χ1n) is 11.5. The van der Waals surface area contributed by atoms with Gasteiger partial charge in [-0.05, 0) is 39.2 Å². The van der Waals surface area contributed by atoms with Crippen LogP contribution in [0.15, 0.2) is 47.4 Å². The Kier molecular flexibility index (Phi) is 9.28. The van der Waals surface area contributed by atoms with E-state index in [1.807, 2.05) is 0 Å². The number of benzene rings is 1. The first kappa shape index (κ1) is 31.1. The number of likely N-dealkylation sites (N-methyl/N-ethyl adjacent to an activating group) is 1. The van der Waals surface area contributed by atoms with E-state index in [-0.39, 0.29) is 11.6 Å². The average Bonchev–Trinajstić information content (AvgIpc) is 3.02. The number of aliphatic hydroxyl groups is 1. The number of para-hydroxylation sites is 1. The molecule has 5 N–H and O–H groups in total. The Labute approximate surface area is 226 Å². The van der Waals surface area contributed by atoms with E-state index in [9.17, 15) is 29.2 Å². The van der Waals surface area contributed by atoms with E-state index in [0.29, 0.717) is 4.57 Å². The van der Waals surface area contributed by atoms with Crippen molar-refractivity contribution in [3.05, 3.63) is 53.1 Å². The first-order valence-corrected chi connectivity index (χ1v) is 13.1. The van der Waals surface area contributed by atoms with E-state index in [0.717, 1.165) is 19.2 Å². The highest BCUT2D eigenvalue weighted by molar-refractivity contribution is 7.52. The molecule has 1 unspecified atom stereocenters. The number of hydrogen-bond donors (Lipinski definition) is 4. The molecule has 0 radical (unpaired) electrons. The molecule has 1 aliphatic heterocycles. The second kappa shape index (κ2) is 12.0. The van der Waals surface area contributed by atoms with Crippen molar-refractivity contribution in [1.29, 1.82) is 0 Å². The summed E-state index contributed by atoms with van der Waals surface area (Å²) in [4.78, 5) is 40.7. The number of hydrogen-bond acceptors (Lipinski definition) is 12. The minimum absolute atomic E-state index is 0.0429. The fourth-order valence-corrected chi connectivity index (χ4v) is 4.98. The van der Waals surface area contributed by atoms with Crippen LogP contribution in [0.4, 0.5) is 14.6 Å². The molecule has 1 aromatic heterocycles. The Morgan fingerprint density at radius 3 is 2.52 bits per heavy atom. The third-order valence-corrected chi connectivity index (χ3v) is 7.07. The van der Waals surface area contributed by atoms with Gasteiger partial charge >= 0.3 is 37.1 Å². The van der Waals surface area contributed by atoms with Gasteiger partial charge in [0.05, 0.1) is 13.2 Å². The number of aromatic nitrogens is 2. The average molecular weight is 591 g/mol. The van der Waals surface area contributed by atoms with E-state index in [2.05, 4.69) is 10.1 Å². The number of carbonyl (C=O) groups is 2. The lowest BCUT2D eigenvalue weighted by Crippen LogP contribution is -2.58. The van der Waals surface area contributed by atoms with Crippen LogP contribution in [0.3, 0.4) is 0 Å². The molecule has 40 heavy (non-hydrogen) atoms. The maximum absolute atomic E-state index is 15.7. The maximum atomic E-state index is 15.7. The fraction of sp³-hybridized carbons (Fsp3) is 0.455. The monoisotopic (exact) mass is 591 g/mol. The second-order valence-corrected chi connectivity index (χ2v) is 10.6. The lowest BCUT2D eigenvalue weighted by molar-refractivity contribution is -0.302. The lowest BCUT2D eigenvalue weighted by Gasteiger charge is -2.33. The molecule has 2 heterocycles. The van der Waals surface area contributed by atoms with Gasteiger partial charge < -0.3 is 29.9 Å². The summed E-state index contributed by atoms with van der Waals surface area (Å²) in [5.41, 5.74) is 4.14. The molecule has 0 spiro atoms. The minimum atomic E-state index is -4.68. The highest BCUT2D eigenvalue weighted by atomic mass is 31.2. The summed E-state index contributed by atoms with van der Waals surface area (Å²) in [5, 5.41) is 22.5. The van der Waals surface area contributed by atoms with Crippen molar-refractivity contribution in [2.75, 3.05) is 33.0 Å². The minimum Gasteiger partial charge on any atom is -0.480 e. The zero-order valence-electron chi connectivity index (χ0n) is 21.5. The molecule has 1 aromatic carbocycles. The largest absolute Gasteiger partial charge is 0.480 e. The van der Waals surface area contributed by atoms with Crippen molar-refractivity contribution in [3.8, 4) is 5.75 Å². The third kappa shape index (κ3) is 6.80. The topological polar surface area (TPSA) is 205 Å². The van der Waals surface area contributed by atoms with Crippen LogP contribution in [0.2, 0.25) is 0 Å². The van der Waals surface area contributed by atoms with Crippen LogP contribution in [0.5, 0.6) is 5.75 Å². The molecule has 5 atom stereocenters. The predicted molar refractivity (Wildman–Crippen MR) is 132 cm³/mol. The molecule has 1 saturated heterocycles. The number of alkyl halides is 2. The molecule has 1 fully saturated rings. The molecule has 0 amide bonds. The summed E-state index contributed by atoms with van der Waals surface area (Å²) in [6.45, 7) is -0.616. The Hall–Kier alpha value is -3.47. The summed E-state index contributed by atoms with van der Waals surface area (Å²) in [7, 11) is -1.81. The van der Waals surface area contributed by atoms with Crippen LogP contribution in [-0.2, 0) is 28.2 Å². The SMILES string of the molecule is C[C@H](NP(=O)(OC[C@H]1O[C@@H](n2ccc(N)nc2=O)C(F)(F)[C@@]1(O)OC(=O)CN(C)C)Oc1ccccc1)C(=O)O. The number of carboxylic acid groups (broad SMARTS) is 1. The number of halogens is 2. The number of nitrogens with one attached hydrogen (secondary N) is 1. The van der Waals surface area contributed by atoms with Gasteiger partial charge in [0.1, 0.15) is 17.6 Å². The Balaban J connectivity index is 1.98. The van der Waals surface area contributed by atoms with E-state index < -0.39 is 68.6 Å². The summed E-state index contributed by atoms with van der Waals surface area (Å²) in [6.07, 6.45) is -4.04. The van der Waals surface area contributed by atoms with E-state index in [1.165, 1.54) is 43.3 Å². The van der Waals surface area contributed by atoms with Crippen molar-refractivity contribution >= 4 is 25.5 Å². The highest BCUT2D eigenvalue weighted by Crippen LogP contribution is 2.52. The summed E-state index contributed by atoms with van der Waals surface area (Å²) < 4.78 is 65.8. The highest BCUT2D eigenvalue weighted by Gasteiger charge is 2.73. The van der Waals surface area contributed by atoms with Gasteiger partial charge in [-0.25, -0.2) is 9.36 Å². The number of rotatable bonds is 12. The van der Waals surface area contributed by atoms with Gasteiger partial charge in [0, 0.05) is 6.20 Å². The van der Waals surface area contributed by atoms with Crippen molar-refractivity contribution in [3.63, 3.8) is 0 Å². The Morgan fingerprint density at radius 1 is 1.30 bits per heavy atom. The molecule has 2 aromatic rings. The first-order chi connectivity index (χ1) is 18.6. The Bertz CT molecular complexity index is 1330. The van der Waals surface area contributed by atoms with Crippen molar-refractivity contribution in [2.24, 2.45) is 0 Å². The van der Waals surface area contributed by atoms with Gasteiger partial charge in [0.25, 0.3) is 0 Å². The molecule has 18 heteroatoms. The summed E-state index contributed by atoms with van der Waals surface area (Å²) >= 11 is 0. The third-order valence-electron chi connectivity index (χ3n) is 5.42. The molecule has 1 aliphatic rings. The number of nitrogen functional groups attached to an aromatic ring is 1. The molecule has 0 saturated carbocycles. The van der Waals surface area contributed by atoms with Crippen LogP contribution in [0.1, 0.15) is 13.2 Å². The second-order valence-electron chi connectivity index (χ2n) is 8.94. The van der Waals surface area contributed by atoms with E-state index in [1.54, 1.807) is 6.07 Å². The van der Waals surface area contributed by atoms with Crippen LogP contribution in [0.25, 0.3) is 0 Å². The van der Waals surface area contributed by atoms with Crippen LogP contribution < -0.4 is 21.0 Å². The normalized spacial score (nSPS) is 24.3. The molecule has 0 aliphatic carbocycles. The van der Waals surface area contributed by atoms with Gasteiger partial charge in [-0.2, -0.15) is 18.9 Å². The predicted octanol–water partition coefficient (Wildman–Crippen LogP) is 0.418. The fourth-order valence-electron chi connectivity index (χ4n) is 3.49. The maximum Gasteiger partial charge on any atom is 0.459 e. The van der Waals surface area contributed by atoms with E-state index in [4.69, 9.17) is 24.3 Å². The van der Waals surface area contributed by atoms with Crippen LogP contribution in [0, 0.1) is 0 Å². The van der Waals surface area contributed by atoms with Crippen molar-refractivity contribution in [1.82, 2.24) is 19.5 Å². The number of aliphatic carboxylic acids is 1. The zero-order valence-corrected chi connectivity index (χ0v) is 22.4. The lowest BCUT2D eigenvalue weighted by atomic mass is 10.0. The van der Waals surface area contributed by atoms with Crippen LogP contribution in [-0.4, -0.2) is 87.7 Å². The van der Waals surface area contributed by atoms with Gasteiger partial charge in [-0.15, -0.1) is 0 Å². The van der Waals surface area contributed by atoms with Gasteiger partial charge in [-0.3, -0.25) is 23.6 Å². The Morgan fingerprint density at radius 2 is 1.95 bits per heavy atom. The molecule has 15 nitrogen and oxygen atoms in total. The quantitative estimate of drug-likeness (QED) is 0.150. The standard InChI is InChI=1S/C22H28F2N5O10P/c1-13(18(31)32)27-40(35,39-14-7-5-4-6-8-14)36-12-15-22(34,38-17(30)11-28(2)3)21(23,24)19(37-15)29-10-9-16(25)26-20(29)33/h4-10,13,15,19,34H,11-12H2,1-3H3,(H,27,35)(H,31,32)(H2,25,26,33)/t13-,15+,19+,22-,40?/m0/s1. The summed E-state index contributed by atoms with van der Waals surface area (Å²) in [5.74, 6) is -11.3. The molecular formula is C22H28F2N5O10P. The number of nitrogens with zero attached hydrogens (tertiary/aromatic N) is 3. The molecular weight excluding hydrogens is 563 g/mol. The smallest absolute Gasteiger partial charge is 0.459 e. The van der Waals surface area contributed by atoms with Gasteiger partial charge in [0.15, 0.2) is 6.10 Å². The number of ether oxygens (including phenoxy) is 2. The molecule has 3 rings (SSSR count). The number of esters is 1. The zero-order chi connectivity index (χ0) is 29.9. The number of carboxylic acids is 1. The van der Waals surface area contributed by atoms with Gasteiger partial charge in [0.2, 0.25) is 6.23 Å². The molecule has 220 valence electrons. The number of nitrogens with two attached hydrogens (primary N) is 1. The van der Waals surface area contributed by atoms with Crippen molar-refractivity contribution < 1.29 is 51.7 Å². The van der Waals surface area contributed by atoms with E-state index >= 15 is 8.78 Å². The molecule has 0 bridgehead atoms. The summed E-state index contributed by atoms with van der Waals surface area (Å²) in [6, 6.07) is 6.85. The number of carbonyl (C=O) groups excluding carboxylic acids is 1. The van der Waals surface area contributed by atoms with Crippen LogP contribution >= 0.6 is 7.75 Å². The van der Waals surface area contributed by atoms with Gasteiger partial charge in [-0.1, -0.05) is 18.2 Å². The number of anilines is 1.